The zero-order valence-corrected chi connectivity index (χ0v) is 13.0. The number of unbranched alkanes of at least 4 members (excludes halogenated alkanes) is 1. The summed E-state index contributed by atoms with van der Waals surface area (Å²) < 4.78 is 30.0. The number of hydrogen-bond acceptors (Lipinski definition) is 5. The van der Waals surface area contributed by atoms with Crippen molar-refractivity contribution in [2.24, 2.45) is 0 Å². The van der Waals surface area contributed by atoms with Crippen molar-refractivity contribution < 1.29 is 17.8 Å². The predicted octanol–water partition coefficient (Wildman–Crippen LogP) is 0.867. The molecule has 0 aromatic rings. The van der Waals surface area contributed by atoms with Crippen molar-refractivity contribution in [3.8, 4) is 0 Å². The molecule has 0 fully saturated rings. The van der Waals surface area contributed by atoms with Crippen LogP contribution in [0.4, 0.5) is 0 Å². The molecule has 0 rings (SSSR count). The monoisotopic (exact) mass is 355 g/mol. The molecule has 0 saturated carbocycles. The molecule has 0 radical (unpaired) electrons. The Labute approximate surface area is 169 Å². The first-order valence-electron chi connectivity index (χ1n) is 5.82. The molecule has 1 amide bonds. The van der Waals surface area contributed by atoms with E-state index in [2.05, 4.69) is 30.6 Å². The molecular formula is C10H22KNO4S3. The van der Waals surface area contributed by atoms with Crippen molar-refractivity contribution >= 4 is 92.7 Å². The van der Waals surface area contributed by atoms with Gasteiger partial charge in [0.15, 0.2) is 5.37 Å². The number of nitrogens with one attached hydrogen (secondary N) is 1. The molecule has 9 heteroatoms. The van der Waals surface area contributed by atoms with Crippen LogP contribution in [0, 0.1) is 0 Å². The van der Waals surface area contributed by atoms with E-state index in [1.807, 2.05) is 0 Å². The molecule has 0 heterocycles. The number of carbonyl (C=O) groups is 1. The molecule has 0 bridgehead atoms. The first-order chi connectivity index (χ1) is 8.27. The van der Waals surface area contributed by atoms with Crippen LogP contribution in [0.5, 0.6) is 0 Å². The summed E-state index contributed by atoms with van der Waals surface area (Å²) in [5.41, 5.74) is 0. The van der Waals surface area contributed by atoms with E-state index in [-0.39, 0.29) is 63.7 Å². The Kier molecular flexibility index (Phi) is 14.9. The zero-order chi connectivity index (χ0) is 14.2. The van der Waals surface area contributed by atoms with Crippen LogP contribution < -0.4 is 5.32 Å². The Bertz CT molecular complexity index is 351. The molecule has 2 atom stereocenters. The van der Waals surface area contributed by atoms with Gasteiger partial charge in [-0.25, -0.2) is 0 Å². The van der Waals surface area contributed by atoms with Crippen LogP contribution in [0.25, 0.3) is 0 Å². The van der Waals surface area contributed by atoms with E-state index in [4.69, 9.17) is 4.55 Å². The van der Waals surface area contributed by atoms with E-state index in [1.54, 1.807) is 0 Å². The van der Waals surface area contributed by atoms with Crippen LogP contribution in [0.1, 0.15) is 39.0 Å². The van der Waals surface area contributed by atoms with Gasteiger partial charge in [-0.3, -0.25) is 9.35 Å². The van der Waals surface area contributed by atoms with E-state index < -0.39 is 15.5 Å². The number of thiol groups is 2. The summed E-state index contributed by atoms with van der Waals surface area (Å²) in [5.74, 6) is 0.422. The molecule has 0 aliphatic carbocycles. The minimum absolute atomic E-state index is 0. The van der Waals surface area contributed by atoms with E-state index in [9.17, 15) is 13.2 Å². The summed E-state index contributed by atoms with van der Waals surface area (Å²) in [4.78, 5) is 11.4. The SMILES string of the molecule is CC(NC(=O)CCCCC(S)CCS)S(=O)(=O)O.[KH]. The molecule has 0 aliphatic heterocycles. The quantitative estimate of drug-likeness (QED) is 0.214. The third kappa shape index (κ3) is 13.1. The Morgan fingerprint density at radius 3 is 2.37 bits per heavy atom. The summed E-state index contributed by atoms with van der Waals surface area (Å²) in [6.45, 7) is 1.23. The Morgan fingerprint density at radius 1 is 1.32 bits per heavy atom. The molecule has 0 aliphatic rings. The van der Waals surface area contributed by atoms with Gasteiger partial charge in [-0.15, -0.1) is 0 Å². The minimum atomic E-state index is -4.20. The molecule has 19 heavy (non-hydrogen) atoms. The van der Waals surface area contributed by atoms with Crippen molar-refractivity contribution in [2.75, 3.05) is 5.75 Å². The first kappa shape index (κ1) is 23.0. The van der Waals surface area contributed by atoms with Crippen LogP contribution in [0.15, 0.2) is 0 Å². The second-order valence-electron chi connectivity index (χ2n) is 4.14. The Morgan fingerprint density at radius 2 is 1.89 bits per heavy atom. The third-order valence-corrected chi connectivity index (χ3v) is 4.25. The maximum absolute atomic E-state index is 11.4. The first-order valence-corrected chi connectivity index (χ1v) is 8.47. The molecular weight excluding hydrogens is 333 g/mol. The van der Waals surface area contributed by atoms with Gasteiger partial charge < -0.3 is 5.32 Å². The summed E-state index contributed by atoms with van der Waals surface area (Å²) in [5, 5.41) is 1.26. The van der Waals surface area contributed by atoms with Crippen LogP contribution in [0.2, 0.25) is 0 Å². The van der Waals surface area contributed by atoms with Gasteiger partial charge in [0.1, 0.15) is 0 Å². The maximum atomic E-state index is 11.4. The van der Waals surface area contributed by atoms with Gasteiger partial charge >= 0.3 is 51.4 Å². The van der Waals surface area contributed by atoms with Crippen molar-refractivity contribution in [3.63, 3.8) is 0 Å². The normalized spacial score (nSPS) is 14.3. The summed E-state index contributed by atoms with van der Waals surface area (Å²) >= 11 is 8.47. The Hall–Kier alpha value is 1.72. The second-order valence-corrected chi connectivity index (χ2v) is 7.05. The molecule has 2 unspecified atom stereocenters. The standard InChI is InChI=1S/C10H21NO4S3.K.H/c1-8(18(13,14)15)11-10(12)5-3-2-4-9(17)6-7-16;;/h8-9,16-17H,2-7H2,1H3,(H,11,12)(H,13,14,15);;. The van der Waals surface area contributed by atoms with Crippen LogP contribution in [-0.4, -0.2) is 86.6 Å². The summed E-state index contributed by atoms with van der Waals surface area (Å²) in [6, 6.07) is 0. The van der Waals surface area contributed by atoms with Crippen LogP contribution >= 0.6 is 25.3 Å². The van der Waals surface area contributed by atoms with Gasteiger partial charge in [0, 0.05) is 11.7 Å². The van der Waals surface area contributed by atoms with Crippen LogP contribution in [0.3, 0.4) is 0 Å². The van der Waals surface area contributed by atoms with E-state index >= 15 is 0 Å². The zero-order valence-electron chi connectivity index (χ0n) is 10.4. The van der Waals surface area contributed by atoms with Gasteiger partial charge in [0.05, 0.1) is 0 Å². The van der Waals surface area contributed by atoms with E-state index in [1.165, 1.54) is 6.92 Å². The van der Waals surface area contributed by atoms with Gasteiger partial charge in [-0.1, -0.05) is 6.42 Å². The van der Waals surface area contributed by atoms with E-state index in [0.717, 1.165) is 25.0 Å². The molecule has 110 valence electrons. The molecule has 0 aromatic heterocycles. The van der Waals surface area contributed by atoms with Gasteiger partial charge in [-0.05, 0) is 31.9 Å². The molecule has 2 N–H and O–H groups in total. The predicted molar refractivity (Wildman–Crippen MR) is 86.0 cm³/mol. The molecule has 0 spiro atoms. The fourth-order valence-corrected chi connectivity index (χ4v) is 2.44. The van der Waals surface area contributed by atoms with Crippen LogP contribution in [-0.2, 0) is 14.9 Å². The van der Waals surface area contributed by atoms with Crippen molar-refractivity contribution in [1.29, 1.82) is 0 Å². The second kappa shape index (κ2) is 12.3. The third-order valence-electron chi connectivity index (χ3n) is 2.46. The summed E-state index contributed by atoms with van der Waals surface area (Å²) in [7, 11) is -4.20. The molecule has 5 nitrogen and oxygen atoms in total. The number of rotatable bonds is 9. The number of hydrogen-bond donors (Lipinski definition) is 4. The van der Waals surface area contributed by atoms with Crippen molar-refractivity contribution in [3.05, 3.63) is 0 Å². The average Bonchev–Trinajstić information content (AvgIpc) is 2.23. The molecule has 0 aromatic carbocycles. The van der Waals surface area contributed by atoms with E-state index in [0.29, 0.717) is 11.7 Å². The van der Waals surface area contributed by atoms with Crippen molar-refractivity contribution in [2.45, 2.75) is 49.7 Å². The Balaban J connectivity index is 0. The summed E-state index contributed by atoms with van der Waals surface area (Å²) in [6.07, 6.45) is 3.62. The average molecular weight is 356 g/mol. The molecule has 0 saturated heterocycles. The van der Waals surface area contributed by atoms with Crippen molar-refractivity contribution in [1.82, 2.24) is 5.32 Å². The number of carbonyl (C=O) groups excluding carboxylic acids is 1. The number of amides is 1. The van der Waals surface area contributed by atoms with Gasteiger partial charge in [0.25, 0.3) is 10.1 Å². The van der Waals surface area contributed by atoms with Gasteiger partial charge in [-0.2, -0.15) is 33.7 Å². The topological polar surface area (TPSA) is 83.5 Å². The fraction of sp³-hybridized carbons (Fsp3) is 0.900. The van der Waals surface area contributed by atoms with Gasteiger partial charge in [0.2, 0.25) is 5.91 Å². The fourth-order valence-electron chi connectivity index (χ4n) is 1.33.